The molecule has 26 heavy (non-hydrogen) atoms. The van der Waals surface area contributed by atoms with Crippen LogP contribution in [0.5, 0.6) is 0 Å². The molecule has 0 aliphatic carbocycles. The number of nitrogens with zero attached hydrogens (tertiary/aromatic N) is 3. The highest BCUT2D eigenvalue weighted by molar-refractivity contribution is 5.92. The number of aryl methyl sites for hydroxylation is 2. The van der Waals surface area contributed by atoms with E-state index in [9.17, 15) is 4.79 Å². The highest BCUT2D eigenvalue weighted by atomic mass is 16.4. The van der Waals surface area contributed by atoms with Crippen LogP contribution in [0.1, 0.15) is 65.5 Å². The van der Waals surface area contributed by atoms with Gasteiger partial charge in [0.15, 0.2) is 5.89 Å². The number of oxazole rings is 1. The maximum Gasteiger partial charge on any atom is 0.292 e. The molecule has 1 aromatic heterocycles. The lowest BCUT2D eigenvalue weighted by Crippen LogP contribution is -2.38. The van der Waals surface area contributed by atoms with Crippen LogP contribution in [0.2, 0.25) is 0 Å². The van der Waals surface area contributed by atoms with Crippen molar-refractivity contribution >= 4 is 5.91 Å². The summed E-state index contributed by atoms with van der Waals surface area (Å²) in [5, 5.41) is 0. The average Bonchev–Trinajstić information content (AvgIpc) is 3.02. The van der Waals surface area contributed by atoms with Crippen LogP contribution >= 0.6 is 0 Å². The van der Waals surface area contributed by atoms with Crippen molar-refractivity contribution < 1.29 is 9.21 Å². The van der Waals surface area contributed by atoms with Gasteiger partial charge in [-0.2, -0.15) is 0 Å². The van der Waals surface area contributed by atoms with Gasteiger partial charge in [-0.25, -0.2) is 4.98 Å². The first-order valence-electron chi connectivity index (χ1n) is 9.50. The normalized spacial score (nSPS) is 17.7. The molecule has 1 atom stereocenters. The lowest BCUT2D eigenvalue weighted by atomic mass is 9.94. The van der Waals surface area contributed by atoms with Gasteiger partial charge in [-0.3, -0.25) is 4.79 Å². The van der Waals surface area contributed by atoms with Crippen LogP contribution in [0.3, 0.4) is 0 Å². The van der Waals surface area contributed by atoms with Gasteiger partial charge >= 0.3 is 0 Å². The molecule has 1 fully saturated rings. The van der Waals surface area contributed by atoms with Crippen molar-refractivity contribution in [1.82, 2.24) is 14.8 Å². The minimum atomic E-state index is -0.0308. The van der Waals surface area contributed by atoms with E-state index in [0.29, 0.717) is 23.8 Å². The first-order valence-corrected chi connectivity index (χ1v) is 9.50. The monoisotopic (exact) mass is 355 g/mol. The third kappa shape index (κ3) is 3.98. The first kappa shape index (κ1) is 18.6. The number of hydrogen-bond donors (Lipinski definition) is 0. The summed E-state index contributed by atoms with van der Waals surface area (Å²) >= 11 is 0. The minimum Gasteiger partial charge on any atom is -0.435 e. The third-order valence-electron chi connectivity index (χ3n) is 4.96. The summed E-state index contributed by atoms with van der Waals surface area (Å²) in [6.07, 6.45) is 3.87. The zero-order chi connectivity index (χ0) is 18.7. The van der Waals surface area contributed by atoms with Gasteiger partial charge in [0.1, 0.15) is 0 Å². The number of piperidine rings is 1. The van der Waals surface area contributed by atoms with Gasteiger partial charge in [-0.05, 0) is 51.4 Å². The number of amides is 1. The molecule has 2 heterocycles. The van der Waals surface area contributed by atoms with Crippen molar-refractivity contribution in [2.24, 2.45) is 0 Å². The van der Waals surface area contributed by atoms with E-state index in [1.807, 2.05) is 18.7 Å². The Balaban J connectivity index is 1.83. The Morgan fingerprint density at radius 2 is 2.00 bits per heavy atom. The van der Waals surface area contributed by atoms with Crippen molar-refractivity contribution in [3.63, 3.8) is 0 Å². The summed E-state index contributed by atoms with van der Waals surface area (Å²) in [5.41, 5.74) is 3.18. The Morgan fingerprint density at radius 1 is 1.27 bits per heavy atom. The highest BCUT2D eigenvalue weighted by Crippen LogP contribution is 2.33. The Hall–Kier alpha value is -2.14. The first-order chi connectivity index (χ1) is 12.5. The van der Waals surface area contributed by atoms with Gasteiger partial charge in [0.05, 0.1) is 11.7 Å². The summed E-state index contributed by atoms with van der Waals surface area (Å²) in [4.78, 5) is 21.6. The maximum atomic E-state index is 13.1. The largest absolute Gasteiger partial charge is 0.435 e. The van der Waals surface area contributed by atoms with E-state index in [0.717, 1.165) is 32.4 Å². The molecule has 1 aromatic carbocycles. The number of hydrogen-bond acceptors (Lipinski definition) is 4. The van der Waals surface area contributed by atoms with Crippen LogP contribution in [0.15, 0.2) is 28.7 Å². The Bertz CT molecular complexity index is 749. The van der Waals surface area contributed by atoms with Crippen LogP contribution in [0.25, 0.3) is 0 Å². The van der Waals surface area contributed by atoms with E-state index in [-0.39, 0.29) is 11.9 Å². The number of benzene rings is 1. The molecule has 0 spiro atoms. The summed E-state index contributed by atoms with van der Waals surface area (Å²) < 4.78 is 5.72. The number of aromatic nitrogens is 1. The van der Waals surface area contributed by atoms with Crippen LogP contribution in [0, 0.1) is 6.92 Å². The topological polar surface area (TPSA) is 49.6 Å². The molecule has 0 radical (unpaired) electrons. The second-order valence-corrected chi connectivity index (χ2v) is 7.37. The number of likely N-dealkylation sites (tertiary alicyclic amines) is 1. The lowest BCUT2D eigenvalue weighted by Gasteiger charge is -2.35. The van der Waals surface area contributed by atoms with Gasteiger partial charge in [-0.1, -0.05) is 31.2 Å². The molecular weight excluding hydrogens is 326 g/mol. The quantitative estimate of drug-likeness (QED) is 0.814. The van der Waals surface area contributed by atoms with Gasteiger partial charge in [0.25, 0.3) is 5.91 Å². The minimum absolute atomic E-state index is 0.0308. The predicted molar refractivity (Wildman–Crippen MR) is 102 cm³/mol. The molecule has 1 amide bonds. The Labute approximate surface area is 156 Å². The standard InChI is InChI=1S/C21H29N3O2/c1-5-19-22-15(2)20(26-19)21(25)24-13-7-6-8-18(24)17-11-9-16(10-12-17)14-23(3)4/h9-12,18H,5-8,13-14H2,1-4H3. The van der Waals surface area contributed by atoms with Crippen molar-refractivity contribution in [1.29, 1.82) is 0 Å². The van der Waals surface area contributed by atoms with Crippen LogP contribution in [0.4, 0.5) is 0 Å². The molecular formula is C21H29N3O2. The summed E-state index contributed by atoms with van der Waals surface area (Å²) in [6, 6.07) is 8.78. The fraction of sp³-hybridized carbons (Fsp3) is 0.524. The molecule has 1 saturated heterocycles. The molecule has 140 valence electrons. The van der Waals surface area contributed by atoms with E-state index in [1.165, 1.54) is 11.1 Å². The van der Waals surface area contributed by atoms with Crippen molar-refractivity contribution in [3.05, 3.63) is 52.7 Å². The number of carbonyl (C=O) groups excluding carboxylic acids is 1. The van der Waals surface area contributed by atoms with E-state index in [1.54, 1.807) is 0 Å². The average molecular weight is 355 g/mol. The highest BCUT2D eigenvalue weighted by Gasteiger charge is 2.31. The Kier molecular flexibility index (Phi) is 5.77. The molecule has 1 aliphatic heterocycles. The van der Waals surface area contributed by atoms with Gasteiger partial charge in [0.2, 0.25) is 5.76 Å². The second-order valence-electron chi connectivity index (χ2n) is 7.37. The molecule has 3 rings (SSSR count). The van der Waals surface area contributed by atoms with E-state index in [2.05, 4.69) is 48.2 Å². The summed E-state index contributed by atoms with van der Waals surface area (Å²) in [6.45, 7) is 5.53. The molecule has 1 unspecified atom stereocenters. The fourth-order valence-corrected chi connectivity index (χ4v) is 3.66. The van der Waals surface area contributed by atoms with Crippen molar-refractivity contribution in [2.75, 3.05) is 20.6 Å². The smallest absolute Gasteiger partial charge is 0.292 e. The van der Waals surface area contributed by atoms with Crippen molar-refractivity contribution in [2.45, 2.75) is 52.1 Å². The molecule has 0 N–H and O–H groups in total. The second kappa shape index (κ2) is 8.04. The van der Waals surface area contributed by atoms with Crippen LogP contribution in [-0.2, 0) is 13.0 Å². The van der Waals surface area contributed by atoms with Gasteiger partial charge < -0.3 is 14.2 Å². The van der Waals surface area contributed by atoms with Crippen LogP contribution in [-0.4, -0.2) is 41.3 Å². The fourth-order valence-electron chi connectivity index (χ4n) is 3.66. The van der Waals surface area contributed by atoms with E-state index >= 15 is 0 Å². The number of carbonyl (C=O) groups is 1. The molecule has 0 saturated carbocycles. The number of rotatable bonds is 5. The molecule has 5 nitrogen and oxygen atoms in total. The lowest BCUT2D eigenvalue weighted by molar-refractivity contribution is 0.0576. The SMILES string of the molecule is CCc1nc(C)c(C(=O)N2CCCCC2c2ccc(CN(C)C)cc2)o1. The van der Waals surface area contributed by atoms with E-state index in [4.69, 9.17) is 4.42 Å². The third-order valence-corrected chi connectivity index (χ3v) is 4.96. The van der Waals surface area contributed by atoms with Gasteiger partial charge in [0, 0.05) is 19.5 Å². The summed E-state index contributed by atoms with van der Waals surface area (Å²) in [5.74, 6) is 1.00. The molecule has 1 aliphatic rings. The molecule has 0 bridgehead atoms. The van der Waals surface area contributed by atoms with Crippen molar-refractivity contribution in [3.8, 4) is 0 Å². The molecule has 5 heteroatoms. The predicted octanol–water partition coefficient (Wildman–Crippen LogP) is 3.97. The zero-order valence-electron chi connectivity index (χ0n) is 16.3. The maximum absolute atomic E-state index is 13.1. The van der Waals surface area contributed by atoms with Gasteiger partial charge in [-0.15, -0.1) is 0 Å². The molecule has 2 aromatic rings. The summed E-state index contributed by atoms with van der Waals surface area (Å²) in [7, 11) is 4.14. The van der Waals surface area contributed by atoms with Crippen LogP contribution < -0.4 is 0 Å². The Morgan fingerprint density at radius 3 is 2.62 bits per heavy atom. The zero-order valence-corrected chi connectivity index (χ0v) is 16.3. The van der Waals surface area contributed by atoms with E-state index < -0.39 is 0 Å².